The molecule has 0 amide bonds. The monoisotopic (exact) mass is 282 g/mol. The molecule has 0 aliphatic rings. The Balaban J connectivity index is 2.04. The summed E-state index contributed by atoms with van der Waals surface area (Å²) in [6.07, 6.45) is 5.16. The number of nitrogens with two attached hydrogens (primary N) is 1. The minimum atomic E-state index is -0.0707. The Morgan fingerprint density at radius 1 is 1.19 bits per heavy atom. The molecular formula is C15H18N6. The molecule has 0 radical (unpaired) electrons. The molecule has 0 aliphatic carbocycles. The molecule has 6 nitrogen and oxygen atoms in total. The van der Waals surface area contributed by atoms with Crippen molar-refractivity contribution in [2.24, 2.45) is 0 Å². The summed E-state index contributed by atoms with van der Waals surface area (Å²) >= 11 is 0. The van der Waals surface area contributed by atoms with Crippen molar-refractivity contribution >= 4 is 22.5 Å². The van der Waals surface area contributed by atoms with Crippen molar-refractivity contribution in [1.82, 2.24) is 19.5 Å². The van der Waals surface area contributed by atoms with Crippen LogP contribution in [0.3, 0.4) is 0 Å². The summed E-state index contributed by atoms with van der Waals surface area (Å²) in [7, 11) is 0. The van der Waals surface area contributed by atoms with E-state index in [1.807, 2.05) is 22.8 Å². The van der Waals surface area contributed by atoms with Gasteiger partial charge in [0.15, 0.2) is 5.82 Å². The first-order valence-corrected chi connectivity index (χ1v) is 6.75. The molecule has 21 heavy (non-hydrogen) atoms. The lowest BCUT2D eigenvalue weighted by atomic mass is 10.1. The molecule has 3 N–H and O–H groups in total. The number of imidazole rings is 1. The van der Waals surface area contributed by atoms with Crippen LogP contribution in [0.15, 0.2) is 36.9 Å². The third-order valence-electron chi connectivity index (χ3n) is 2.94. The molecule has 0 fully saturated rings. The predicted molar refractivity (Wildman–Crippen MR) is 84.4 cm³/mol. The molecular weight excluding hydrogens is 264 g/mol. The van der Waals surface area contributed by atoms with Crippen molar-refractivity contribution < 1.29 is 0 Å². The van der Waals surface area contributed by atoms with Crippen LogP contribution in [0, 0.1) is 0 Å². The molecule has 0 aliphatic heterocycles. The molecule has 0 bridgehead atoms. The third kappa shape index (κ3) is 2.79. The molecule has 2 aromatic heterocycles. The van der Waals surface area contributed by atoms with Gasteiger partial charge in [-0.05, 0) is 39.0 Å². The molecule has 3 aromatic rings. The maximum atomic E-state index is 5.78. The average molecular weight is 282 g/mol. The van der Waals surface area contributed by atoms with Crippen molar-refractivity contribution in [2.45, 2.75) is 26.3 Å². The molecule has 0 unspecified atom stereocenters. The Kier molecular flexibility index (Phi) is 3.01. The second kappa shape index (κ2) is 4.73. The van der Waals surface area contributed by atoms with Crippen molar-refractivity contribution in [3.8, 4) is 5.82 Å². The van der Waals surface area contributed by atoms with Crippen LogP contribution >= 0.6 is 0 Å². The average Bonchev–Trinajstić information content (AvgIpc) is 2.79. The number of nitrogens with zero attached hydrogens (tertiary/aromatic N) is 4. The van der Waals surface area contributed by atoms with Gasteiger partial charge in [-0.3, -0.25) is 9.55 Å². The normalized spacial score (nSPS) is 11.8. The van der Waals surface area contributed by atoms with Gasteiger partial charge in [0.1, 0.15) is 12.1 Å². The maximum Gasteiger partial charge on any atom is 0.159 e. The van der Waals surface area contributed by atoms with Gasteiger partial charge in [-0.15, -0.1) is 0 Å². The standard InChI is InChI=1S/C15H18N6/c1-15(2,3)20-13-7-17-8-14(19-13)21-9-18-11-6-10(16)4-5-12(11)21/h4-9H,16H2,1-3H3,(H,19,20). The SMILES string of the molecule is CC(C)(C)Nc1cncc(-n2cnc3cc(N)ccc32)n1. The fourth-order valence-electron chi connectivity index (χ4n) is 2.13. The van der Waals surface area contributed by atoms with Gasteiger partial charge in [0, 0.05) is 11.2 Å². The molecule has 108 valence electrons. The van der Waals surface area contributed by atoms with E-state index in [2.05, 4.69) is 41.0 Å². The lowest BCUT2D eigenvalue weighted by Gasteiger charge is -2.21. The zero-order chi connectivity index (χ0) is 15.0. The van der Waals surface area contributed by atoms with E-state index in [0.29, 0.717) is 5.69 Å². The lowest BCUT2D eigenvalue weighted by Crippen LogP contribution is -2.26. The van der Waals surface area contributed by atoms with E-state index in [0.717, 1.165) is 22.7 Å². The second-order valence-electron chi connectivity index (χ2n) is 6.00. The Labute approximate surface area is 123 Å². The van der Waals surface area contributed by atoms with Gasteiger partial charge < -0.3 is 11.1 Å². The first-order valence-electron chi connectivity index (χ1n) is 6.75. The number of nitrogens with one attached hydrogen (secondary N) is 1. The minimum absolute atomic E-state index is 0.0707. The maximum absolute atomic E-state index is 5.78. The van der Waals surface area contributed by atoms with Crippen LogP contribution in [0.25, 0.3) is 16.9 Å². The summed E-state index contributed by atoms with van der Waals surface area (Å²) in [5.74, 6) is 1.45. The Morgan fingerprint density at radius 3 is 2.76 bits per heavy atom. The number of nitrogen functional groups attached to an aromatic ring is 1. The highest BCUT2D eigenvalue weighted by atomic mass is 15.2. The summed E-state index contributed by atoms with van der Waals surface area (Å²) in [5, 5.41) is 3.31. The van der Waals surface area contributed by atoms with Crippen LogP contribution < -0.4 is 11.1 Å². The number of hydrogen-bond acceptors (Lipinski definition) is 5. The van der Waals surface area contributed by atoms with Crippen molar-refractivity contribution in [1.29, 1.82) is 0 Å². The number of rotatable bonds is 2. The van der Waals surface area contributed by atoms with E-state index in [4.69, 9.17) is 5.73 Å². The number of hydrogen-bond donors (Lipinski definition) is 2. The zero-order valence-electron chi connectivity index (χ0n) is 12.3. The minimum Gasteiger partial charge on any atom is -0.399 e. The van der Waals surface area contributed by atoms with Gasteiger partial charge in [-0.25, -0.2) is 9.97 Å². The van der Waals surface area contributed by atoms with Gasteiger partial charge >= 0.3 is 0 Å². The second-order valence-corrected chi connectivity index (χ2v) is 6.00. The van der Waals surface area contributed by atoms with E-state index < -0.39 is 0 Å². The highest BCUT2D eigenvalue weighted by molar-refractivity contribution is 5.80. The largest absolute Gasteiger partial charge is 0.399 e. The molecule has 0 saturated heterocycles. The van der Waals surface area contributed by atoms with Crippen LogP contribution in [0.5, 0.6) is 0 Å². The fourth-order valence-corrected chi connectivity index (χ4v) is 2.13. The van der Waals surface area contributed by atoms with Crippen LogP contribution in [0.4, 0.5) is 11.5 Å². The van der Waals surface area contributed by atoms with Gasteiger partial charge in [0.25, 0.3) is 0 Å². The molecule has 3 rings (SSSR count). The van der Waals surface area contributed by atoms with Gasteiger partial charge in [-0.2, -0.15) is 0 Å². The van der Waals surface area contributed by atoms with Crippen molar-refractivity contribution in [2.75, 3.05) is 11.1 Å². The van der Waals surface area contributed by atoms with Crippen LogP contribution in [-0.4, -0.2) is 25.1 Å². The van der Waals surface area contributed by atoms with Crippen molar-refractivity contribution in [3.05, 3.63) is 36.9 Å². The summed E-state index contributed by atoms with van der Waals surface area (Å²) < 4.78 is 1.90. The number of benzene rings is 1. The smallest absolute Gasteiger partial charge is 0.159 e. The molecule has 0 atom stereocenters. The number of fused-ring (bicyclic) bond motifs is 1. The number of aromatic nitrogens is 4. The molecule has 0 spiro atoms. The Bertz CT molecular complexity index is 784. The summed E-state index contributed by atoms with van der Waals surface area (Å²) in [6, 6.07) is 5.63. The molecule has 0 saturated carbocycles. The molecule has 6 heteroatoms. The first-order chi connectivity index (χ1) is 9.92. The van der Waals surface area contributed by atoms with E-state index in [-0.39, 0.29) is 5.54 Å². The fraction of sp³-hybridized carbons (Fsp3) is 0.267. The highest BCUT2D eigenvalue weighted by Gasteiger charge is 2.12. The van der Waals surface area contributed by atoms with E-state index in [1.165, 1.54) is 0 Å². The Morgan fingerprint density at radius 2 is 2.00 bits per heavy atom. The van der Waals surface area contributed by atoms with Crippen LogP contribution in [-0.2, 0) is 0 Å². The summed E-state index contributed by atoms with van der Waals surface area (Å²) in [4.78, 5) is 13.2. The lowest BCUT2D eigenvalue weighted by molar-refractivity contribution is 0.629. The Hall–Kier alpha value is -2.63. The first kappa shape index (κ1) is 13.4. The summed E-state index contributed by atoms with van der Waals surface area (Å²) in [5.41, 5.74) is 8.19. The quantitative estimate of drug-likeness (QED) is 0.706. The molecule has 2 heterocycles. The van der Waals surface area contributed by atoms with Crippen molar-refractivity contribution in [3.63, 3.8) is 0 Å². The predicted octanol–water partition coefficient (Wildman–Crippen LogP) is 2.61. The van der Waals surface area contributed by atoms with Gasteiger partial charge in [-0.1, -0.05) is 0 Å². The number of anilines is 2. The van der Waals surface area contributed by atoms with Gasteiger partial charge in [0.2, 0.25) is 0 Å². The van der Waals surface area contributed by atoms with Crippen LogP contribution in [0.1, 0.15) is 20.8 Å². The zero-order valence-corrected chi connectivity index (χ0v) is 12.3. The van der Waals surface area contributed by atoms with E-state index >= 15 is 0 Å². The van der Waals surface area contributed by atoms with Crippen LogP contribution in [0.2, 0.25) is 0 Å². The van der Waals surface area contributed by atoms with E-state index in [9.17, 15) is 0 Å². The molecule has 1 aromatic carbocycles. The topological polar surface area (TPSA) is 81.7 Å². The third-order valence-corrected chi connectivity index (χ3v) is 2.94. The van der Waals surface area contributed by atoms with Gasteiger partial charge in [0.05, 0.1) is 23.4 Å². The van der Waals surface area contributed by atoms with E-state index in [1.54, 1.807) is 18.7 Å². The summed E-state index contributed by atoms with van der Waals surface area (Å²) in [6.45, 7) is 6.24. The highest BCUT2D eigenvalue weighted by Crippen LogP contribution is 2.20.